The Balaban J connectivity index is 1.23. The van der Waals surface area contributed by atoms with Gasteiger partial charge in [-0.2, -0.15) is 0 Å². The Morgan fingerprint density at radius 2 is 1.26 bits per heavy atom. The summed E-state index contributed by atoms with van der Waals surface area (Å²) in [5, 5.41) is 2.04. The summed E-state index contributed by atoms with van der Waals surface area (Å²) in [6, 6.07) is 51.0. The van der Waals surface area contributed by atoms with Gasteiger partial charge < -0.3 is 4.90 Å². The smallest absolute Gasteiger partial charge is 0.249 e. The third kappa shape index (κ3) is 5.07. The summed E-state index contributed by atoms with van der Waals surface area (Å²) in [4.78, 5) is 4.53. The van der Waals surface area contributed by atoms with Crippen LogP contribution in [0.5, 0.6) is 0 Å². The molecule has 9 aromatic rings. The lowest BCUT2D eigenvalue weighted by molar-refractivity contribution is 1.27. The van der Waals surface area contributed by atoms with Crippen molar-refractivity contribution in [2.75, 3.05) is 4.90 Å². The van der Waals surface area contributed by atoms with Crippen LogP contribution in [0.3, 0.4) is 0 Å². The average Bonchev–Trinajstić information content (AvgIpc) is 3.66. The van der Waals surface area contributed by atoms with E-state index in [2.05, 4.69) is 166 Å². The fourth-order valence-corrected chi connectivity index (χ4v) is 11.5. The van der Waals surface area contributed by atoms with Crippen molar-refractivity contribution in [2.45, 2.75) is 9.79 Å². The molecule has 0 amide bonds. The highest BCUT2D eigenvalue weighted by atomic mass is 79.9. The van der Waals surface area contributed by atoms with Crippen LogP contribution in [0.2, 0.25) is 5.02 Å². The SMILES string of the molecule is [2H]c1c([2H])c([2H])c2c(sc3c4c(ccc32)B2c3ccc(Br)cc3N(c3c(-c5ccccc5)cc(-c5ccccc5)cc3-c3ccccc3)c3cc(Cl)cc(c32)S4)c1[2H]. The summed E-state index contributed by atoms with van der Waals surface area (Å²) in [6.45, 7) is -0.138. The summed E-state index contributed by atoms with van der Waals surface area (Å²) in [5.74, 6) is 0. The normalized spacial score (nSPS) is 13.9. The van der Waals surface area contributed by atoms with Gasteiger partial charge in [-0.3, -0.25) is 0 Å². The zero-order chi connectivity index (χ0) is 39.4. The summed E-state index contributed by atoms with van der Waals surface area (Å²) < 4.78 is 37.0. The Bertz CT molecular complexity index is 3120. The van der Waals surface area contributed by atoms with Crippen LogP contribution in [0.4, 0.5) is 17.1 Å². The molecule has 0 radical (unpaired) electrons. The van der Waals surface area contributed by atoms with Crippen LogP contribution in [0, 0.1) is 0 Å². The number of hydrogen-bond acceptors (Lipinski definition) is 3. The number of nitrogens with zero attached hydrogens (tertiary/aromatic N) is 1. The molecular formula is C48H28BBrClNS2. The molecule has 8 aromatic carbocycles. The number of fused-ring (bicyclic) bond motifs is 8. The first kappa shape index (κ1) is 28.4. The van der Waals surface area contributed by atoms with Gasteiger partial charge in [-0.15, -0.1) is 11.3 Å². The molecule has 0 unspecified atom stereocenters. The topological polar surface area (TPSA) is 3.24 Å². The van der Waals surface area contributed by atoms with Crippen molar-refractivity contribution in [2.24, 2.45) is 0 Å². The molecule has 254 valence electrons. The van der Waals surface area contributed by atoms with Crippen LogP contribution in [-0.2, 0) is 0 Å². The van der Waals surface area contributed by atoms with Crippen molar-refractivity contribution in [3.05, 3.63) is 179 Å². The second-order valence-corrected chi connectivity index (χ2v) is 17.0. The fourth-order valence-electron chi connectivity index (χ4n) is 8.28. The molecule has 0 atom stereocenters. The van der Waals surface area contributed by atoms with Gasteiger partial charge in [0.1, 0.15) is 0 Å². The quantitative estimate of drug-likeness (QED) is 0.163. The van der Waals surface area contributed by atoms with E-state index in [4.69, 9.17) is 17.1 Å². The van der Waals surface area contributed by atoms with Crippen molar-refractivity contribution >= 4 is 111 Å². The molecule has 6 heteroatoms. The molecule has 0 bridgehead atoms. The van der Waals surface area contributed by atoms with E-state index in [0.717, 1.165) is 85.7 Å². The minimum atomic E-state index is -0.210. The molecule has 0 saturated heterocycles. The molecule has 0 saturated carbocycles. The van der Waals surface area contributed by atoms with E-state index in [-0.39, 0.29) is 30.9 Å². The molecule has 1 nitrogen and oxygen atoms in total. The molecular weight excluding hydrogens is 781 g/mol. The molecule has 2 aliphatic heterocycles. The maximum atomic E-state index is 8.85. The van der Waals surface area contributed by atoms with Crippen LogP contribution in [0.25, 0.3) is 53.6 Å². The average molecular weight is 813 g/mol. The highest BCUT2D eigenvalue weighted by Crippen LogP contribution is 2.52. The van der Waals surface area contributed by atoms with Gasteiger partial charge in [0.15, 0.2) is 0 Å². The Labute approximate surface area is 341 Å². The lowest BCUT2D eigenvalue weighted by atomic mass is 9.35. The molecule has 3 heterocycles. The van der Waals surface area contributed by atoms with Gasteiger partial charge in [0.25, 0.3) is 0 Å². The van der Waals surface area contributed by atoms with Gasteiger partial charge in [0, 0.05) is 62.0 Å². The summed E-state index contributed by atoms with van der Waals surface area (Å²) >= 11 is 14.2. The van der Waals surface area contributed by atoms with Crippen LogP contribution < -0.4 is 21.3 Å². The molecule has 11 rings (SSSR count). The second-order valence-electron chi connectivity index (χ2n) is 13.6. The monoisotopic (exact) mass is 811 g/mol. The van der Waals surface area contributed by atoms with Crippen molar-refractivity contribution in [3.8, 4) is 33.4 Å². The van der Waals surface area contributed by atoms with E-state index < -0.39 is 0 Å². The van der Waals surface area contributed by atoms with Crippen molar-refractivity contribution in [3.63, 3.8) is 0 Å². The maximum Gasteiger partial charge on any atom is 0.249 e. The van der Waals surface area contributed by atoms with Gasteiger partial charge in [-0.05, 0) is 75.6 Å². The van der Waals surface area contributed by atoms with Gasteiger partial charge in [0.05, 0.1) is 11.2 Å². The van der Waals surface area contributed by atoms with E-state index in [9.17, 15) is 0 Å². The van der Waals surface area contributed by atoms with E-state index in [1.54, 1.807) is 11.8 Å². The Hall–Kier alpha value is -5.04. The Kier molecular flexibility index (Phi) is 6.73. The number of anilines is 3. The van der Waals surface area contributed by atoms with E-state index >= 15 is 0 Å². The maximum absolute atomic E-state index is 8.85. The minimum Gasteiger partial charge on any atom is -0.310 e. The number of rotatable bonds is 4. The molecule has 2 aliphatic rings. The van der Waals surface area contributed by atoms with E-state index in [1.165, 1.54) is 16.8 Å². The molecule has 1 aromatic heterocycles. The first-order valence-corrected chi connectivity index (χ1v) is 20.5. The van der Waals surface area contributed by atoms with Crippen LogP contribution in [0.15, 0.2) is 184 Å². The lowest BCUT2D eigenvalue weighted by Gasteiger charge is -2.42. The second kappa shape index (κ2) is 12.8. The van der Waals surface area contributed by atoms with Crippen LogP contribution in [-0.4, -0.2) is 6.71 Å². The van der Waals surface area contributed by atoms with E-state index in [0.29, 0.717) is 15.1 Å². The van der Waals surface area contributed by atoms with Crippen molar-refractivity contribution in [1.29, 1.82) is 0 Å². The largest absolute Gasteiger partial charge is 0.310 e. The first-order chi connectivity index (χ1) is 28.3. The highest BCUT2D eigenvalue weighted by Gasteiger charge is 2.43. The number of benzene rings is 8. The standard InChI is InChI=1S/C48H28BBrClNS2/c50-33-20-22-39-41(26-33)52(42-27-34(51)28-44-45(42)49(39)40-23-21-36-35-18-10-11-19-43(35)53-47(36)48(40)54-44)46-37(30-14-6-2-7-15-30)24-32(29-12-4-1-5-13-29)25-38(46)31-16-8-3-9-17-31/h1-28H/i10D,11D,18D,19D. The number of halogens is 2. The molecule has 0 fully saturated rings. The Morgan fingerprint density at radius 1 is 0.611 bits per heavy atom. The Morgan fingerprint density at radius 3 is 1.96 bits per heavy atom. The van der Waals surface area contributed by atoms with E-state index in [1.807, 2.05) is 0 Å². The third-order valence-corrected chi connectivity index (χ3v) is 13.7. The zero-order valence-corrected chi connectivity index (χ0v) is 32.4. The van der Waals surface area contributed by atoms with Gasteiger partial charge >= 0.3 is 0 Å². The summed E-state index contributed by atoms with van der Waals surface area (Å²) in [6.07, 6.45) is 0. The van der Waals surface area contributed by atoms with Crippen molar-refractivity contribution < 1.29 is 5.48 Å². The van der Waals surface area contributed by atoms with Crippen molar-refractivity contribution in [1.82, 2.24) is 0 Å². The number of thiophene rings is 1. The van der Waals surface area contributed by atoms with Gasteiger partial charge in [-0.1, -0.05) is 172 Å². The summed E-state index contributed by atoms with van der Waals surface area (Å²) in [5.41, 5.74) is 13.2. The van der Waals surface area contributed by atoms with Gasteiger partial charge in [0.2, 0.25) is 6.71 Å². The minimum absolute atomic E-state index is 0.000956. The van der Waals surface area contributed by atoms with Crippen LogP contribution in [0.1, 0.15) is 5.48 Å². The first-order valence-electron chi connectivity index (χ1n) is 19.7. The lowest BCUT2D eigenvalue weighted by Crippen LogP contribution is -2.59. The molecule has 0 aliphatic carbocycles. The third-order valence-electron chi connectivity index (χ3n) is 10.6. The molecule has 54 heavy (non-hydrogen) atoms. The molecule has 0 N–H and O–H groups in total. The summed E-state index contributed by atoms with van der Waals surface area (Å²) in [7, 11) is 0. The zero-order valence-electron chi connectivity index (χ0n) is 32.5. The predicted molar refractivity (Wildman–Crippen MR) is 238 cm³/mol. The number of hydrogen-bond donors (Lipinski definition) is 0. The highest BCUT2D eigenvalue weighted by molar-refractivity contribution is 9.10. The van der Waals surface area contributed by atoms with Crippen LogP contribution >= 0.6 is 50.6 Å². The predicted octanol–water partition coefficient (Wildman–Crippen LogP) is 13.2. The molecule has 0 spiro atoms. The fraction of sp³-hybridized carbons (Fsp3) is 0. The van der Waals surface area contributed by atoms with Gasteiger partial charge in [-0.25, -0.2) is 0 Å².